The molecule has 0 atom stereocenters. The second kappa shape index (κ2) is 12.3. The molecule has 0 radical (unpaired) electrons. The van der Waals surface area contributed by atoms with E-state index in [1.807, 2.05) is 42.5 Å². The van der Waals surface area contributed by atoms with Crippen molar-refractivity contribution >= 4 is 42.8 Å². The number of halogens is 3. The molecule has 0 spiro atoms. The second-order valence-corrected chi connectivity index (χ2v) is 8.56. The summed E-state index contributed by atoms with van der Waals surface area (Å²) in [5, 5.41) is 4.67. The largest absolute Gasteiger partial charge is 1.00 e. The van der Waals surface area contributed by atoms with Crippen LogP contribution in [0.3, 0.4) is 0 Å². The van der Waals surface area contributed by atoms with Crippen molar-refractivity contribution in [3.63, 3.8) is 0 Å². The molecule has 29 heavy (non-hydrogen) atoms. The van der Waals surface area contributed by atoms with Crippen LogP contribution in [-0.2, 0) is 10.0 Å². The number of fused-ring (bicyclic) bond motifs is 1. The molecule has 0 aliphatic carbocycles. The zero-order chi connectivity index (χ0) is 19.1. The molecule has 0 fully saturated rings. The Bertz CT molecular complexity index is 1040. The quantitative estimate of drug-likeness (QED) is 0.327. The van der Waals surface area contributed by atoms with Crippen molar-refractivity contribution in [3.05, 3.63) is 77.0 Å². The molecule has 0 amide bonds. The number of rotatable bonds is 8. The highest BCUT2D eigenvalue weighted by Gasteiger charge is 2.16. The summed E-state index contributed by atoms with van der Waals surface area (Å²) in [6.45, 7) is 1.52. The summed E-state index contributed by atoms with van der Waals surface area (Å²) in [5.74, 6) is 0. The van der Waals surface area contributed by atoms with E-state index in [0.717, 1.165) is 15.4 Å². The minimum absolute atomic E-state index is 0. The zero-order valence-electron chi connectivity index (χ0n) is 15.4. The summed E-state index contributed by atoms with van der Waals surface area (Å²) in [5.41, 5.74) is 1.12. The van der Waals surface area contributed by atoms with Crippen molar-refractivity contribution in [1.82, 2.24) is 15.0 Å². The topological polar surface area (TPSA) is 71.1 Å². The number of hydrogen-bond acceptors (Lipinski definition) is 4. The smallest absolute Gasteiger partial charge is 0.241 e. The van der Waals surface area contributed by atoms with Crippen LogP contribution < -0.4 is 34.9 Å². The third-order valence-electron chi connectivity index (χ3n) is 3.97. The van der Waals surface area contributed by atoms with Crippen LogP contribution in [-0.4, -0.2) is 33.0 Å². The van der Waals surface area contributed by atoms with Crippen LogP contribution in [0.15, 0.2) is 76.4 Å². The Morgan fingerprint density at radius 1 is 1.00 bits per heavy atom. The average molecular weight is 517 g/mol. The lowest BCUT2D eigenvalue weighted by molar-refractivity contribution is -0.001000. The average Bonchev–Trinajstić information content (AvgIpc) is 2.68. The van der Waals surface area contributed by atoms with Gasteiger partial charge < -0.3 is 30.1 Å². The fraction of sp³-hybridized carbons (Fsp3) is 0.150. The Morgan fingerprint density at radius 3 is 2.52 bits per heavy atom. The maximum atomic E-state index is 12.6. The first-order valence-electron chi connectivity index (χ1n) is 8.51. The number of hydrogen-bond donors (Lipinski definition) is 2. The van der Waals surface area contributed by atoms with Gasteiger partial charge in [-0.25, -0.2) is 13.1 Å². The van der Waals surface area contributed by atoms with E-state index in [4.69, 9.17) is 0 Å². The monoisotopic (exact) mass is 515 g/mol. The molecule has 5 nitrogen and oxygen atoms in total. The molecule has 156 valence electrons. The van der Waals surface area contributed by atoms with Crippen LogP contribution in [0, 0.1) is 0 Å². The first-order valence-corrected chi connectivity index (χ1v) is 10.8. The van der Waals surface area contributed by atoms with E-state index in [-0.39, 0.29) is 29.7 Å². The fourth-order valence-electron chi connectivity index (χ4n) is 2.63. The molecule has 0 unspecified atom stereocenters. The van der Waals surface area contributed by atoms with Gasteiger partial charge in [-0.05, 0) is 29.8 Å². The highest BCUT2D eigenvalue weighted by Crippen LogP contribution is 2.21. The molecule has 2 aromatic carbocycles. The van der Waals surface area contributed by atoms with Crippen LogP contribution in [0.4, 0.5) is 0 Å². The molecule has 0 aliphatic heterocycles. The van der Waals surface area contributed by atoms with Gasteiger partial charge in [0, 0.05) is 47.3 Å². The van der Waals surface area contributed by atoms with Crippen molar-refractivity contribution in [2.45, 2.75) is 4.90 Å². The van der Waals surface area contributed by atoms with E-state index < -0.39 is 10.0 Å². The van der Waals surface area contributed by atoms with Crippen LogP contribution >= 0.6 is 15.9 Å². The predicted molar refractivity (Wildman–Crippen MR) is 113 cm³/mol. The van der Waals surface area contributed by atoms with E-state index in [0.29, 0.717) is 25.0 Å². The van der Waals surface area contributed by atoms with E-state index in [1.165, 1.54) is 0 Å². The van der Waals surface area contributed by atoms with Gasteiger partial charge in [0.15, 0.2) is 0 Å². The molecular formula is C20H20BrCl2N3O2S-2. The number of benzene rings is 2. The third kappa shape index (κ3) is 7.37. The Kier molecular flexibility index (Phi) is 10.8. The molecule has 2 N–H and O–H groups in total. The SMILES string of the molecule is O=S(=O)(NCCNCC=Cc1ccc(Br)cc1)c1cccc2cnccc12.[Cl-].[Cl-]. The van der Waals surface area contributed by atoms with Gasteiger partial charge in [0.2, 0.25) is 10.0 Å². The minimum atomic E-state index is -3.57. The predicted octanol–water partition coefficient (Wildman–Crippen LogP) is -2.41. The summed E-state index contributed by atoms with van der Waals surface area (Å²) in [7, 11) is -3.57. The van der Waals surface area contributed by atoms with Crippen molar-refractivity contribution in [2.24, 2.45) is 0 Å². The molecule has 0 saturated heterocycles. The molecule has 1 aromatic heterocycles. The van der Waals surface area contributed by atoms with Crippen LogP contribution in [0.5, 0.6) is 0 Å². The van der Waals surface area contributed by atoms with Crippen LogP contribution in [0.1, 0.15) is 5.56 Å². The summed E-state index contributed by atoms with van der Waals surface area (Å²) in [4.78, 5) is 4.31. The van der Waals surface area contributed by atoms with E-state index >= 15 is 0 Å². The molecule has 1 heterocycles. The van der Waals surface area contributed by atoms with Gasteiger partial charge in [-0.3, -0.25) is 4.98 Å². The van der Waals surface area contributed by atoms with Gasteiger partial charge in [0.05, 0.1) is 4.90 Å². The van der Waals surface area contributed by atoms with Crippen LogP contribution in [0.25, 0.3) is 16.8 Å². The van der Waals surface area contributed by atoms with E-state index in [1.54, 1.807) is 30.6 Å². The zero-order valence-corrected chi connectivity index (χ0v) is 19.3. The Labute approximate surface area is 192 Å². The normalized spacial score (nSPS) is 11.2. The number of nitrogens with zero attached hydrogens (tertiary/aromatic N) is 1. The van der Waals surface area contributed by atoms with Gasteiger partial charge in [-0.1, -0.05) is 52.3 Å². The number of aromatic nitrogens is 1. The summed E-state index contributed by atoms with van der Waals surface area (Å²) >= 11 is 3.41. The second-order valence-electron chi connectivity index (χ2n) is 5.91. The van der Waals surface area contributed by atoms with Gasteiger partial charge in [0.25, 0.3) is 0 Å². The summed E-state index contributed by atoms with van der Waals surface area (Å²) in [6, 6.07) is 14.9. The standard InChI is InChI=1S/C20H20BrN3O2S.2ClH/c21-18-8-6-16(7-9-18)3-2-11-22-13-14-24-27(25,26)20-5-1-4-17-15-23-12-10-19(17)20;;/h1-10,12,15,22,24H,11,13-14H2;2*1H/p-2. The molecular weight excluding hydrogens is 497 g/mol. The first kappa shape index (κ1) is 25.6. The Balaban J connectivity index is 0.00000210. The Morgan fingerprint density at radius 2 is 1.76 bits per heavy atom. The van der Waals surface area contributed by atoms with Gasteiger partial charge >= 0.3 is 0 Å². The Hall–Kier alpha value is -1.48. The lowest BCUT2D eigenvalue weighted by atomic mass is 10.2. The highest BCUT2D eigenvalue weighted by atomic mass is 79.9. The van der Waals surface area contributed by atoms with Crippen molar-refractivity contribution < 1.29 is 33.2 Å². The van der Waals surface area contributed by atoms with Crippen LogP contribution in [0.2, 0.25) is 0 Å². The van der Waals surface area contributed by atoms with E-state index in [2.05, 4.69) is 31.0 Å². The fourth-order valence-corrected chi connectivity index (χ4v) is 4.16. The van der Waals surface area contributed by atoms with Crippen molar-refractivity contribution in [3.8, 4) is 0 Å². The molecule has 3 rings (SSSR count). The number of pyridine rings is 1. The molecule has 0 saturated carbocycles. The van der Waals surface area contributed by atoms with Crippen molar-refractivity contribution in [2.75, 3.05) is 19.6 Å². The first-order chi connectivity index (χ1) is 13.1. The molecule has 3 aromatic rings. The van der Waals surface area contributed by atoms with Gasteiger partial charge in [-0.2, -0.15) is 0 Å². The summed E-state index contributed by atoms with van der Waals surface area (Å²) in [6.07, 6.45) is 7.29. The summed E-state index contributed by atoms with van der Waals surface area (Å²) < 4.78 is 28.8. The van der Waals surface area contributed by atoms with Crippen molar-refractivity contribution in [1.29, 1.82) is 0 Å². The third-order valence-corrected chi connectivity index (χ3v) is 6.01. The van der Waals surface area contributed by atoms with Gasteiger partial charge in [0.1, 0.15) is 0 Å². The molecule has 0 aliphatic rings. The molecule has 9 heteroatoms. The number of nitrogens with one attached hydrogen (secondary N) is 2. The number of sulfonamides is 1. The van der Waals surface area contributed by atoms with Gasteiger partial charge in [-0.15, -0.1) is 0 Å². The molecule has 0 bridgehead atoms. The highest BCUT2D eigenvalue weighted by molar-refractivity contribution is 9.10. The maximum Gasteiger partial charge on any atom is 0.241 e. The lowest BCUT2D eigenvalue weighted by Gasteiger charge is -2.09. The lowest BCUT2D eigenvalue weighted by Crippen LogP contribution is -3.00. The maximum absolute atomic E-state index is 12.6. The minimum Gasteiger partial charge on any atom is -1.00 e. The van der Waals surface area contributed by atoms with E-state index in [9.17, 15) is 8.42 Å².